The third-order valence-corrected chi connectivity index (χ3v) is 5.73. The van der Waals surface area contributed by atoms with E-state index in [9.17, 15) is 13.2 Å². The van der Waals surface area contributed by atoms with Crippen LogP contribution in [-0.4, -0.2) is 59.3 Å². The second-order valence-electron chi connectivity index (χ2n) is 4.94. The van der Waals surface area contributed by atoms with Gasteiger partial charge < -0.3 is 9.84 Å². The first-order valence-electron chi connectivity index (χ1n) is 6.42. The highest BCUT2D eigenvalue weighted by Gasteiger charge is 2.43. The van der Waals surface area contributed by atoms with Crippen molar-refractivity contribution in [3.05, 3.63) is 11.8 Å². The number of aromatic nitrogens is 2. The molecule has 20 heavy (non-hydrogen) atoms. The molecule has 1 aliphatic carbocycles. The number of rotatable bonds is 3. The SMILES string of the molecule is O=C(O)c1cn[nH]c1S(=O)(=O)N1CCOC2CCCC21. The number of ether oxygens (including phenoxy) is 1. The van der Waals surface area contributed by atoms with Gasteiger partial charge in [-0.3, -0.25) is 5.10 Å². The molecule has 1 aliphatic heterocycles. The number of nitrogens with one attached hydrogen (secondary N) is 1. The topological polar surface area (TPSA) is 113 Å². The Kier molecular flexibility index (Phi) is 3.27. The second-order valence-corrected chi connectivity index (χ2v) is 6.77. The summed E-state index contributed by atoms with van der Waals surface area (Å²) in [6.07, 6.45) is 3.42. The Balaban J connectivity index is 1.99. The van der Waals surface area contributed by atoms with E-state index in [1.165, 1.54) is 4.31 Å². The molecule has 2 N–H and O–H groups in total. The van der Waals surface area contributed by atoms with Crippen molar-refractivity contribution in [3.63, 3.8) is 0 Å². The lowest BCUT2D eigenvalue weighted by Crippen LogP contribution is -2.51. The number of nitrogens with zero attached hydrogens (tertiary/aromatic N) is 2. The number of carboxylic acids is 1. The molecule has 110 valence electrons. The lowest BCUT2D eigenvalue weighted by atomic mass is 10.2. The molecule has 1 aromatic rings. The van der Waals surface area contributed by atoms with Crippen LogP contribution in [0.4, 0.5) is 0 Å². The van der Waals surface area contributed by atoms with Crippen LogP contribution in [0.2, 0.25) is 0 Å². The Bertz CT molecular complexity index is 626. The van der Waals surface area contributed by atoms with Gasteiger partial charge in [0, 0.05) is 6.54 Å². The summed E-state index contributed by atoms with van der Waals surface area (Å²) in [6, 6.07) is -0.210. The summed E-state index contributed by atoms with van der Waals surface area (Å²) in [7, 11) is -3.89. The average molecular weight is 301 g/mol. The largest absolute Gasteiger partial charge is 0.478 e. The Morgan fingerprint density at radius 1 is 1.50 bits per heavy atom. The highest BCUT2D eigenvalue weighted by atomic mass is 32.2. The summed E-state index contributed by atoms with van der Waals surface area (Å²) < 4.78 is 32.2. The van der Waals surface area contributed by atoms with Crippen LogP contribution in [0, 0.1) is 0 Å². The van der Waals surface area contributed by atoms with E-state index in [1.807, 2.05) is 0 Å². The van der Waals surface area contributed by atoms with Crippen LogP contribution in [0.25, 0.3) is 0 Å². The van der Waals surface area contributed by atoms with Crippen LogP contribution >= 0.6 is 0 Å². The first-order chi connectivity index (χ1) is 9.51. The van der Waals surface area contributed by atoms with E-state index in [1.54, 1.807) is 0 Å². The normalized spacial score (nSPS) is 27.4. The molecule has 2 unspecified atom stereocenters. The van der Waals surface area contributed by atoms with Crippen LogP contribution in [0.15, 0.2) is 11.2 Å². The number of aromatic amines is 1. The van der Waals surface area contributed by atoms with Crippen molar-refractivity contribution in [1.82, 2.24) is 14.5 Å². The van der Waals surface area contributed by atoms with Gasteiger partial charge in [-0.15, -0.1) is 0 Å². The minimum absolute atomic E-state index is 0.0882. The molecule has 0 spiro atoms. The van der Waals surface area contributed by atoms with Crippen LogP contribution in [0.3, 0.4) is 0 Å². The molecule has 2 fully saturated rings. The van der Waals surface area contributed by atoms with Gasteiger partial charge in [0.05, 0.1) is 24.9 Å². The minimum Gasteiger partial charge on any atom is -0.478 e. The van der Waals surface area contributed by atoms with Crippen LogP contribution in [-0.2, 0) is 14.8 Å². The van der Waals surface area contributed by atoms with Gasteiger partial charge in [-0.05, 0) is 19.3 Å². The highest BCUT2D eigenvalue weighted by Crippen LogP contribution is 2.33. The lowest BCUT2D eigenvalue weighted by molar-refractivity contribution is -0.0242. The summed E-state index contributed by atoms with van der Waals surface area (Å²) in [5.41, 5.74) is -0.328. The number of morpholine rings is 1. The monoisotopic (exact) mass is 301 g/mol. The van der Waals surface area contributed by atoms with Crippen LogP contribution in [0.1, 0.15) is 29.6 Å². The zero-order valence-electron chi connectivity index (χ0n) is 10.7. The molecular weight excluding hydrogens is 286 g/mol. The van der Waals surface area contributed by atoms with Crippen LogP contribution in [0.5, 0.6) is 0 Å². The van der Waals surface area contributed by atoms with E-state index in [4.69, 9.17) is 9.84 Å². The molecule has 0 radical (unpaired) electrons. The maximum absolute atomic E-state index is 12.7. The standard InChI is InChI=1S/C11H15N3O5S/c15-11(16)7-6-12-13-10(7)20(17,18)14-4-5-19-9-3-1-2-8(9)14/h6,8-9H,1-5H2,(H,12,13)(H,15,16). The Morgan fingerprint density at radius 3 is 3.05 bits per heavy atom. The molecule has 9 heteroatoms. The molecule has 0 bridgehead atoms. The number of carbonyl (C=O) groups is 1. The summed E-state index contributed by atoms with van der Waals surface area (Å²) in [5, 5.41) is 14.5. The molecule has 1 aromatic heterocycles. The quantitative estimate of drug-likeness (QED) is 0.815. The van der Waals surface area contributed by atoms with Crippen molar-refractivity contribution in [2.45, 2.75) is 36.4 Å². The average Bonchev–Trinajstić information content (AvgIpc) is 3.06. The fourth-order valence-corrected chi connectivity index (χ4v) is 4.66. The maximum Gasteiger partial charge on any atom is 0.340 e. The molecule has 8 nitrogen and oxygen atoms in total. The number of sulfonamides is 1. The number of fused-ring (bicyclic) bond motifs is 1. The Labute approximate surface area is 115 Å². The fraction of sp³-hybridized carbons (Fsp3) is 0.636. The van der Waals surface area contributed by atoms with Crippen molar-refractivity contribution in [2.24, 2.45) is 0 Å². The molecule has 3 rings (SSSR count). The summed E-state index contributed by atoms with van der Waals surface area (Å²) in [6.45, 7) is 0.568. The number of hydrogen-bond donors (Lipinski definition) is 2. The van der Waals surface area contributed by atoms with E-state index in [-0.39, 0.29) is 29.3 Å². The van der Waals surface area contributed by atoms with Gasteiger partial charge >= 0.3 is 5.97 Å². The zero-order valence-corrected chi connectivity index (χ0v) is 11.5. The zero-order chi connectivity index (χ0) is 14.3. The van der Waals surface area contributed by atoms with E-state index < -0.39 is 16.0 Å². The van der Waals surface area contributed by atoms with Crippen molar-refractivity contribution in [2.75, 3.05) is 13.2 Å². The predicted molar refractivity (Wildman–Crippen MR) is 66.8 cm³/mol. The molecular formula is C11H15N3O5S. The molecule has 0 aromatic carbocycles. The predicted octanol–water partition coefficient (Wildman–Crippen LogP) is 0.0499. The fourth-order valence-electron chi connectivity index (χ4n) is 2.93. The minimum atomic E-state index is -3.89. The van der Waals surface area contributed by atoms with E-state index in [0.717, 1.165) is 25.5 Å². The Hall–Kier alpha value is -1.45. The summed E-state index contributed by atoms with van der Waals surface area (Å²) >= 11 is 0. The molecule has 0 amide bonds. The van der Waals surface area contributed by atoms with E-state index in [0.29, 0.717) is 6.61 Å². The second kappa shape index (κ2) is 4.83. The highest BCUT2D eigenvalue weighted by molar-refractivity contribution is 7.89. The Morgan fingerprint density at radius 2 is 2.30 bits per heavy atom. The van der Waals surface area contributed by atoms with Gasteiger partial charge in [-0.25, -0.2) is 13.2 Å². The third-order valence-electron chi connectivity index (χ3n) is 3.83. The number of carboxylic acid groups (broad SMARTS) is 1. The van der Waals surface area contributed by atoms with Crippen molar-refractivity contribution >= 4 is 16.0 Å². The van der Waals surface area contributed by atoms with Gasteiger partial charge in [0.1, 0.15) is 5.56 Å². The lowest BCUT2D eigenvalue weighted by Gasteiger charge is -2.36. The number of H-pyrrole nitrogens is 1. The number of hydrogen-bond acceptors (Lipinski definition) is 5. The number of aromatic carboxylic acids is 1. The first-order valence-corrected chi connectivity index (χ1v) is 7.86. The smallest absolute Gasteiger partial charge is 0.340 e. The molecule has 2 atom stereocenters. The van der Waals surface area contributed by atoms with Gasteiger partial charge in [0.2, 0.25) is 0 Å². The summed E-state index contributed by atoms with van der Waals surface area (Å²) in [4.78, 5) is 11.1. The van der Waals surface area contributed by atoms with Crippen molar-refractivity contribution in [1.29, 1.82) is 0 Å². The molecule has 2 aliphatic rings. The molecule has 2 heterocycles. The summed E-state index contributed by atoms with van der Waals surface area (Å²) in [5.74, 6) is -1.31. The first kappa shape index (κ1) is 13.5. The van der Waals surface area contributed by atoms with Crippen molar-refractivity contribution < 1.29 is 23.1 Å². The van der Waals surface area contributed by atoms with Gasteiger partial charge in [-0.2, -0.15) is 9.40 Å². The third kappa shape index (κ3) is 2.02. The maximum atomic E-state index is 12.7. The molecule has 1 saturated heterocycles. The van der Waals surface area contributed by atoms with Crippen LogP contribution < -0.4 is 0 Å². The van der Waals surface area contributed by atoms with Crippen molar-refractivity contribution in [3.8, 4) is 0 Å². The molecule has 1 saturated carbocycles. The van der Waals surface area contributed by atoms with Gasteiger partial charge in [-0.1, -0.05) is 0 Å². The van der Waals surface area contributed by atoms with Gasteiger partial charge in [0.25, 0.3) is 10.0 Å². The van der Waals surface area contributed by atoms with Gasteiger partial charge in [0.15, 0.2) is 5.03 Å². The van der Waals surface area contributed by atoms with E-state index in [2.05, 4.69) is 10.2 Å². The van der Waals surface area contributed by atoms with E-state index >= 15 is 0 Å².